The Morgan fingerprint density at radius 2 is 2.05 bits per heavy atom. The van der Waals surface area contributed by atoms with Crippen LogP contribution < -0.4 is 9.47 Å². The molecule has 1 rings (SSSR count). The van der Waals surface area contributed by atoms with E-state index in [1.54, 1.807) is 6.07 Å². The summed E-state index contributed by atoms with van der Waals surface area (Å²) in [5.74, 6) is 1.40. The second-order valence-corrected chi connectivity index (χ2v) is 4.82. The summed E-state index contributed by atoms with van der Waals surface area (Å²) in [6.07, 6.45) is 0.869. The third kappa shape index (κ3) is 4.28. The van der Waals surface area contributed by atoms with Gasteiger partial charge in [-0.2, -0.15) is 0 Å². The van der Waals surface area contributed by atoms with E-state index in [0.717, 1.165) is 6.42 Å². The first-order chi connectivity index (χ1) is 8.99. The first-order valence-electron chi connectivity index (χ1n) is 6.03. The molecule has 0 atom stereocenters. The van der Waals surface area contributed by atoms with Gasteiger partial charge in [0.1, 0.15) is 0 Å². The second-order valence-electron chi connectivity index (χ2n) is 4.55. The van der Waals surface area contributed by atoms with Crippen LogP contribution in [0.1, 0.15) is 25.8 Å². The zero-order valence-corrected chi connectivity index (χ0v) is 12.1. The number of hydrogen-bond acceptors (Lipinski definition) is 4. The SMILES string of the molecule is COc1cc(CCl)c([N+](=O)[O-])cc1OCCC(C)C. The second kappa shape index (κ2) is 7.19. The van der Waals surface area contributed by atoms with E-state index < -0.39 is 4.92 Å². The first-order valence-corrected chi connectivity index (χ1v) is 6.57. The molecule has 106 valence electrons. The number of alkyl halides is 1. The molecule has 0 amide bonds. The Kier molecular flexibility index (Phi) is 5.89. The van der Waals surface area contributed by atoms with E-state index in [4.69, 9.17) is 21.1 Å². The van der Waals surface area contributed by atoms with Gasteiger partial charge in [-0.25, -0.2) is 0 Å². The number of hydrogen-bond donors (Lipinski definition) is 0. The Bertz CT molecular complexity index is 449. The van der Waals surface area contributed by atoms with Crippen molar-refractivity contribution in [3.8, 4) is 11.5 Å². The van der Waals surface area contributed by atoms with Crippen molar-refractivity contribution < 1.29 is 14.4 Å². The molecular formula is C13H18ClNO4. The Labute approximate surface area is 117 Å². The minimum Gasteiger partial charge on any atom is -0.493 e. The average molecular weight is 288 g/mol. The van der Waals surface area contributed by atoms with Crippen LogP contribution in [0.25, 0.3) is 0 Å². The fourth-order valence-electron chi connectivity index (χ4n) is 1.55. The highest BCUT2D eigenvalue weighted by Gasteiger charge is 2.19. The summed E-state index contributed by atoms with van der Waals surface area (Å²) in [6.45, 7) is 4.66. The maximum Gasteiger partial charge on any atom is 0.277 e. The lowest BCUT2D eigenvalue weighted by molar-refractivity contribution is -0.385. The van der Waals surface area contributed by atoms with Crippen molar-refractivity contribution in [1.82, 2.24) is 0 Å². The average Bonchev–Trinajstić information content (AvgIpc) is 2.37. The van der Waals surface area contributed by atoms with Crippen molar-refractivity contribution in [2.45, 2.75) is 26.1 Å². The number of nitrogens with zero attached hydrogens (tertiary/aromatic N) is 1. The summed E-state index contributed by atoms with van der Waals surface area (Å²) in [7, 11) is 1.49. The molecule has 0 saturated heterocycles. The molecule has 0 fully saturated rings. The molecule has 0 radical (unpaired) electrons. The van der Waals surface area contributed by atoms with Gasteiger partial charge in [-0.05, 0) is 18.4 Å². The van der Waals surface area contributed by atoms with Gasteiger partial charge in [0.15, 0.2) is 11.5 Å². The van der Waals surface area contributed by atoms with Crippen LogP contribution in [-0.4, -0.2) is 18.6 Å². The predicted octanol–water partition coefficient (Wildman–Crippen LogP) is 3.77. The third-order valence-electron chi connectivity index (χ3n) is 2.66. The standard InChI is InChI=1S/C13H18ClNO4/c1-9(2)4-5-19-13-7-11(15(16)17)10(8-14)6-12(13)18-3/h6-7,9H,4-5,8H2,1-3H3. The number of ether oxygens (including phenoxy) is 2. The summed E-state index contributed by atoms with van der Waals surface area (Å²) >= 11 is 5.70. The largest absolute Gasteiger partial charge is 0.493 e. The quantitative estimate of drug-likeness (QED) is 0.435. The highest BCUT2D eigenvalue weighted by molar-refractivity contribution is 6.17. The van der Waals surface area contributed by atoms with Crippen molar-refractivity contribution in [2.24, 2.45) is 5.92 Å². The molecule has 1 aromatic carbocycles. The summed E-state index contributed by atoms with van der Waals surface area (Å²) in [5, 5.41) is 11.0. The molecule has 0 N–H and O–H groups in total. The van der Waals surface area contributed by atoms with E-state index in [9.17, 15) is 10.1 Å². The Balaban J connectivity index is 3.01. The number of nitro groups is 1. The normalized spacial score (nSPS) is 10.6. The van der Waals surface area contributed by atoms with Crippen LogP contribution in [0.2, 0.25) is 0 Å². The molecule has 0 bridgehead atoms. The van der Waals surface area contributed by atoms with Gasteiger partial charge in [-0.15, -0.1) is 11.6 Å². The van der Waals surface area contributed by atoms with Crippen LogP contribution >= 0.6 is 11.6 Å². The van der Waals surface area contributed by atoms with Gasteiger partial charge >= 0.3 is 0 Å². The summed E-state index contributed by atoms with van der Waals surface area (Å²) < 4.78 is 10.7. The topological polar surface area (TPSA) is 61.6 Å². The van der Waals surface area contributed by atoms with Gasteiger partial charge in [-0.1, -0.05) is 13.8 Å². The molecule has 5 nitrogen and oxygen atoms in total. The van der Waals surface area contributed by atoms with Crippen LogP contribution in [0.4, 0.5) is 5.69 Å². The fraction of sp³-hybridized carbons (Fsp3) is 0.538. The Morgan fingerprint density at radius 1 is 1.37 bits per heavy atom. The number of halogens is 1. The maximum absolute atomic E-state index is 11.0. The smallest absolute Gasteiger partial charge is 0.277 e. The van der Waals surface area contributed by atoms with Crippen molar-refractivity contribution in [2.75, 3.05) is 13.7 Å². The third-order valence-corrected chi connectivity index (χ3v) is 2.95. The summed E-state index contributed by atoms with van der Waals surface area (Å²) in [4.78, 5) is 10.5. The zero-order valence-electron chi connectivity index (χ0n) is 11.3. The molecule has 0 saturated carbocycles. The molecule has 0 unspecified atom stereocenters. The zero-order chi connectivity index (χ0) is 14.4. The molecule has 0 aliphatic carbocycles. The number of rotatable bonds is 7. The van der Waals surface area contributed by atoms with Gasteiger partial charge in [0.05, 0.1) is 30.6 Å². The number of benzene rings is 1. The van der Waals surface area contributed by atoms with Gasteiger partial charge in [0, 0.05) is 5.56 Å². The highest BCUT2D eigenvalue weighted by Crippen LogP contribution is 2.35. The van der Waals surface area contributed by atoms with Crippen LogP contribution in [0.5, 0.6) is 11.5 Å². The van der Waals surface area contributed by atoms with Gasteiger partial charge in [-0.3, -0.25) is 10.1 Å². The summed E-state index contributed by atoms with van der Waals surface area (Å²) in [6, 6.07) is 2.92. The lowest BCUT2D eigenvalue weighted by Crippen LogP contribution is -2.04. The monoisotopic (exact) mass is 287 g/mol. The maximum atomic E-state index is 11.0. The van der Waals surface area contributed by atoms with Crippen LogP contribution in [0.15, 0.2) is 12.1 Å². The van der Waals surface area contributed by atoms with E-state index >= 15 is 0 Å². The predicted molar refractivity (Wildman–Crippen MR) is 74.2 cm³/mol. The first kappa shape index (κ1) is 15.6. The number of methoxy groups -OCH3 is 1. The van der Waals surface area contributed by atoms with E-state index in [1.165, 1.54) is 13.2 Å². The molecular weight excluding hydrogens is 270 g/mol. The molecule has 0 heterocycles. The summed E-state index contributed by atoms with van der Waals surface area (Å²) in [5.41, 5.74) is 0.370. The van der Waals surface area contributed by atoms with E-state index in [1.807, 2.05) is 0 Å². The van der Waals surface area contributed by atoms with E-state index in [0.29, 0.717) is 29.6 Å². The molecule has 0 aliphatic heterocycles. The molecule has 19 heavy (non-hydrogen) atoms. The van der Waals surface area contributed by atoms with Gasteiger partial charge in [0.2, 0.25) is 0 Å². The lowest BCUT2D eigenvalue weighted by atomic mass is 10.1. The highest BCUT2D eigenvalue weighted by atomic mass is 35.5. The minimum atomic E-state index is -0.466. The molecule has 6 heteroatoms. The Morgan fingerprint density at radius 3 is 2.53 bits per heavy atom. The molecule has 0 aromatic heterocycles. The van der Waals surface area contributed by atoms with Gasteiger partial charge < -0.3 is 9.47 Å². The van der Waals surface area contributed by atoms with Crippen LogP contribution in [0, 0.1) is 16.0 Å². The van der Waals surface area contributed by atoms with Crippen molar-refractivity contribution >= 4 is 17.3 Å². The molecule has 0 spiro atoms. The van der Waals surface area contributed by atoms with Crippen molar-refractivity contribution in [3.63, 3.8) is 0 Å². The van der Waals surface area contributed by atoms with Gasteiger partial charge in [0.25, 0.3) is 5.69 Å². The number of nitro benzene ring substituents is 1. The minimum absolute atomic E-state index is 0.0460. The van der Waals surface area contributed by atoms with Crippen LogP contribution in [-0.2, 0) is 5.88 Å². The Hall–Kier alpha value is -1.49. The van der Waals surface area contributed by atoms with E-state index in [2.05, 4.69) is 13.8 Å². The van der Waals surface area contributed by atoms with Crippen LogP contribution in [0.3, 0.4) is 0 Å². The van der Waals surface area contributed by atoms with Crippen molar-refractivity contribution in [3.05, 3.63) is 27.8 Å². The molecule has 1 aromatic rings. The van der Waals surface area contributed by atoms with E-state index in [-0.39, 0.29) is 11.6 Å². The lowest BCUT2D eigenvalue weighted by Gasteiger charge is -2.13. The molecule has 0 aliphatic rings. The fourth-order valence-corrected chi connectivity index (χ4v) is 1.76. The van der Waals surface area contributed by atoms with Crippen molar-refractivity contribution in [1.29, 1.82) is 0 Å².